The maximum absolute atomic E-state index is 12.5. The zero-order chi connectivity index (χ0) is 23.2. The summed E-state index contributed by atoms with van der Waals surface area (Å²) in [6, 6.07) is 8.03. The van der Waals surface area contributed by atoms with Gasteiger partial charge in [0.15, 0.2) is 0 Å². The first-order valence-corrected chi connectivity index (χ1v) is 11.6. The number of nitrogens with zero attached hydrogens (tertiary/aromatic N) is 6. The first kappa shape index (κ1) is 21.6. The van der Waals surface area contributed by atoms with Crippen LogP contribution in [0, 0.1) is 5.41 Å². The Morgan fingerprint density at radius 1 is 1.18 bits per heavy atom. The molecule has 2 heterocycles. The van der Waals surface area contributed by atoms with E-state index < -0.39 is 0 Å². The molecule has 33 heavy (non-hydrogen) atoms. The largest absolute Gasteiger partial charge is 0.368 e. The van der Waals surface area contributed by atoms with Gasteiger partial charge in [-0.15, -0.1) is 0 Å². The number of hydrogen-bond acceptors (Lipinski definition) is 5. The molecule has 0 aliphatic heterocycles. The van der Waals surface area contributed by atoms with Crippen molar-refractivity contribution in [3.63, 3.8) is 0 Å². The van der Waals surface area contributed by atoms with Gasteiger partial charge in [-0.1, -0.05) is 45.1 Å². The lowest BCUT2D eigenvalue weighted by atomic mass is 9.82. The van der Waals surface area contributed by atoms with Crippen LogP contribution in [0.3, 0.4) is 0 Å². The van der Waals surface area contributed by atoms with Crippen LogP contribution in [0.25, 0.3) is 11.4 Å². The quantitative estimate of drug-likeness (QED) is 0.554. The number of rotatable bonds is 7. The summed E-state index contributed by atoms with van der Waals surface area (Å²) in [5, 5.41) is 12.7. The summed E-state index contributed by atoms with van der Waals surface area (Å²) in [5.41, 5.74) is 4.55. The zero-order valence-corrected chi connectivity index (χ0v) is 19.6. The first-order valence-electron chi connectivity index (χ1n) is 11.6. The average Bonchev–Trinajstić information content (AvgIpc) is 3.44. The average molecular weight is 447 g/mol. The predicted molar refractivity (Wildman–Crippen MR) is 126 cm³/mol. The molecule has 8 nitrogen and oxygen atoms in total. The molecular weight excluding hydrogens is 416 g/mol. The Bertz CT molecular complexity index is 1290. The lowest BCUT2D eigenvalue weighted by Crippen LogP contribution is -2.31. The molecular formula is C25H30N6O2. The second-order valence-electron chi connectivity index (χ2n) is 9.51. The van der Waals surface area contributed by atoms with Gasteiger partial charge >= 0.3 is 5.69 Å². The molecule has 2 aromatic heterocycles. The summed E-state index contributed by atoms with van der Waals surface area (Å²) in [6.45, 7) is 6.82. The van der Waals surface area contributed by atoms with Crippen molar-refractivity contribution >= 4 is 5.70 Å². The van der Waals surface area contributed by atoms with E-state index in [4.69, 9.17) is 9.84 Å². The van der Waals surface area contributed by atoms with Gasteiger partial charge < -0.3 is 4.74 Å². The molecule has 0 N–H and O–H groups in total. The maximum atomic E-state index is 12.5. The third kappa shape index (κ3) is 4.11. The molecule has 0 saturated heterocycles. The molecule has 0 spiro atoms. The predicted octanol–water partition coefficient (Wildman–Crippen LogP) is 3.62. The molecule has 1 atom stereocenters. The first-order chi connectivity index (χ1) is 15.9. The van der Waals surface area contributed by atoms with E-state index in [0.717, 1.165) is 23.2 Å². The van der Waals surface area contributed by atoms with Gasteiger partial charge in [-0.05, 0) is 53.5 Å². The van der Waals surface area contributed by atoms with Crippen molar-refractivity contribution in [2.75, 3.05) is 0 Å². The molecule has 0 radical (unpaired) electrons. The van der Waals surface area contributed by atoms with Gasteiger partial charge in [0.1, 0.15) is 0 Å². The summed E-state index contributed by atoms with van der Waals surface area (Å²) >= 11 is 0. The monoisotopic (exact) mass is 446 g/mol. The standard InChI is InChI=1S/C25H30N6O2/c1-5-17-7-6-8-22(31-24(32)29(4)27-28-31)20(17)16-33-23-12-11-19(15-25(23,2)3)30-14-13-21(26-30)18-9-10-18/h6-8,11-15,18,23H,5,9-10,16H2,1-4H3. The van der Waals surface area contributed by atoms with Crippen molar-refractivity contribution in [3.8, 4) is 5.69 Å². The Morgan fingerprint density at radius 2 is 2.00 bits per heavy atom. The zero-order valence-electron chi connectivity index (χ0n) is 19.6. The molecule has 1 aromatic carbocycles. The van der Waals surface area contributed by atoms with Gasteiger partial charge in [-0.25, -0.2) is 9.48 Å². The van der Waals surface area contributed by atoms with Crippen LogP contribution in [0.1, 0.15) is 56.4 Å². The topological polar surface area (TPSA) is 79.8 Å². The summed E-state index contributed by atoms with van der Waals surface area (Å²) in [4.78, 5) is 12.5. The number of hydrogen-bond donors (Lipinski definition) is 0. The molecule has 0 bridgehead atoms. The van der Waals surface area contributed by atoms with Crippen molar-refractivity contribution in [2.45, 2.75) is 58.7 Å². The van der Waals surface area contributed by atoms with Gasteiger partial charge in [0.25, 0.3) is 0 Å². The molecule has 1 fully saturated rings. The van der Waals surface area contributed by atoms with Crippen molar-refractivity contribution in [2.24, 2.45) is 12.5 Å². The van der Waals surface area contributed by atoms with E-state index in [9.17, 15) is 4.79 Å². The lowest BCUT2D eigenvalue weighted by molar-refractivity contribution is 0.0147. The van der Waals surface area contributed by atoms with Crippen LogP contribution in [0.5, 0.6) is 0 Å². The van der Waals surface area contributed by atoms with Crippen LogP contribution in [-0.2, 0) is 24.8 Å². The molecule has 3 aromatic rings. The SMILES string of the molecule is CCc1cccc(-n2nnn(C)c2=O)c1COC1C=CC(n2ccc(C3CC3)n2)=CC1(C)C. The van der Waals surface area contributed by atoms with Crippen molar-refractivity contribution in [1.82, 2.24) is 29.6 Å². The van der Waals surface area contributed by atoms with Crippen LogP contribution in [0.4, 0.5) is 0 Å². The van der Waals surface area contributed by atoms with Crippen LogP contribution in [-0.4, -0.2) is 35.7 Å². The van der Waals surface area contributed by atoms with Crippen LogP contribution >= 0.6 is 0 Å². The van der Waals surface area contributed by atoms with Gasteiger partial charge in [0.2, 0.25) is 0 Å². The van der Waals surface area contributed by atoms with E-state index in [1.54, 1.807) is 7.05 Å². The molecule has 0 amide bonds. The van der Waals surface area contributed by atoms with E-state index in [2.05, 4.69) is 61.6 Å². The van der Waals surface area contributed by atoms with E-state index in [1.807, 2.05) is 23.0 Å². The second kappa shape index (κ2) is 8.26. The summed E-state index contributed by atoms with van der Waals surface area (Å²) in [7, 11) is 1.60. The summed E-state index contributed by atoms with van der Waals surface area (Å²) < 4.78 is 11.0. The molecule has 172 valence electrons. The second-order valence-corrected chi connectivity index (χ2v) is 9.51. The van der Waals surface area contributed by atoms with E-state index in [0.29, 0.717) is 18.2 Å². The molecule has 5 rings (SSSR count). The fourth-order valence-corrected chi connectivity index (χ4v) is 4.39. The fourth-order valence-electron chi connectivity index (χ4n) is 4.39. The number of tetrazole rings is 1. The molecule has 1 saturated carbocycles. The van der Waals surface area contributed by atoms with Crippen LogP contribution < -0.4 is 5.69 Å². The number of benzene rings is 1. The highest BCUT2D eigenvalue weighted by atomic mass is 16.5. The van der Waals surface area contributed by atoms with Crippen molar-refractivity contribution < 1.29 is 4.74 Å². The Morgan fingerprint density at radius 3 is 2.67 bits per heavy atom. The normalized spacial score (nSPS) is 19.6. The highest BCUT2D eigenvalue weighted by Gasteiger charge is 2.31. The van der Waals surface area contributed by atoms with Gasteiger partial charge in [0.05, 0.1) is 29.8 Å². The minimum atomic E-state index is -0.278. The summed E-state index contributed by atoms with van der Waals surface area (Å²) in [6.07, 6.45) is 11.7. The van der Waals surface area contributed by atoms with E-state index in [-0.39, 0.29) is 17.2 Å². The minimum Gasteiger partial charge on any atom is -0.368 e. The Labute approximate surface area is 193 Å². The fraction of sp³-hybridized carbons (Fsp3) is 0.440. The van der Waals surface area contributed by atoms with Crippen LogP contribution in [0.15, 0.2) is 53.5 Å². The minimum absolute atomic E-state index is 0.115. The molecule has 2 aliphatic rings. The number of allylic oxidation sites excluding steroid dienone is 2. The Hall–Kier alpha value is -3.26. The van der Waals surface area contributed by atoms with Gasteiger partial charge in [-0.2, -0.15) is 14.5 Å². The molecule has 8 heteroatoms. The third-order valence-corrected chi connectivity index (χ3v) is 6.55. The van der Waals surface area contributed by atoms with Crippen molar-refractivity contribution in [3.05, 3.63) is 76.0 Å². The Balaban J connectivity index is 1.37. The third-order valence-electron chi connectivity index (χ3n) is 6.55. The highest BCUT2D eigenvalue weighted by molar-refractivity contribution is 5.60. The Kier molecular flexibility index (Phi) is 5.40. The molecule has 1 unspecified atom stereocenters. The molecule has 2 aliphatic carbocycles. The van der Waals surface area contributed by atoms with Gasteiger partial charge in [0, 0.05) is 30.1 Å². The van der Waals surface area contributed by atoms with E-state index in [1.165, 1.54) is 27.9 Å². The van der Waals surface area contributed by atoms with Crippen molar-refractivity contribution in [1.29, 1.82) is 0 Å². The summed E-state index contributed by atoms with van der Waals surface area (Å²) in [5.74, 6) is 0.637. The number of ether oxygens (including phenoxy) is 1. The smallest absolute Gasteiger partial charge is 0.368 e. The number of aromatic nitrogens is 6. The highest BCUT2D eigenvalue weighted by Crippen LogP contribution is 2.40. The maximum Gasteiger partial charge on any atom is 0.368 e. The van der Waals surface area contributed by atoms with E-state index >= 15 is 0 Å². The van der Waals surface area contributed by atoms with Crippen LogP contribution in [0.2, 0.25) is 0 Å². The number of aryl methyl sites for hydroxylation is 2. The van der Waals surface area contributed by atoms with Gasteiger partial charge in [-0.3, -0.25) is 0 Å². The lowest BCUT2D eigenvalue weighted by Gasteiger charge is -2.33.